The van der Waals surface area contributed by atoms with E-state index in [1.165, 1.54) is 12.1 Å². The summed E-state index contributed by atoms with van der Waals surface area (Å²) in [6.45, 7) is 0. The monoisotopic (exact) mass is 270 g/mol. The minimum Gasteiger partial charge on any atom is -0.398 e. The molecule has 3 N–H and O–H groups in total. The second kappa shape index (κ2) is 5.48. The standard InChI is InChI=1S/C12H15FN2O2S/c13-8-1-2-11(14)10(7-8)12(16)15-9-3-5-18(17)6-4-9/h1-2,7,9H,3-6,14H2,(H,15,16). The van der Waals surface area contributed by atoms with Gasteiger partial charge < -0.3 is 11.1 Å². The van der Waals surface area contributed by atoms with Crippen molar-refractivity contribution in [3.05, 3.63) is 29.6 Å². The molecule has 1 fully saturated rings. The van der Waals surface area contributed by atoms with E-state index in [0.717, 1.165) is 6.07 Å². The van der Waals surface area contributed by atoms with E-state index in [1.54, 1.807) is 0 Å². The highest BCUT2D eigenvalue weighted by Crippen LogP contribution is 2.15. The van der Waals surface area contributed by atoms with Gasteiger partial charge >= 0.3 is 0 Å². The van der Waals surface area contributed by atoms with Crippen molar-refractivity contribution in [1.82, 2.24) is 5.32 Å². The van der Waals surface area contributed by atoms with Crippen molar-refractivity contribution < 1.29 is 13.4 Å². The van der Waals surface area contributed by atoms with Crippen molar-refractivity contribution in [1.29, 1.82) is 0 Å². The fourth-order valence-electron chi connectivity index (χ4n) is 1.93. The number of rotatable bonds is 2. The minimum atomic E-state index is -0.764. The first-order valence-corrected chi connectivity index (χ1v) is 7.26. The number of benzene rings is 1. The van der Waals surface area contributed by atoms with Gasteiger partial charge in [-0.1, -0.05) is 0 Å². The average Bonchev–Trinajstić information content (AvgIpc) is 2.35. The third-order valence-corrected chi connectivity index (χ3v) is 4.37. The van der Waals surface area contributed by atoms with Crippen LogP contribution in [0, 0.1) is 5.82 Å². The summed E-state index contributed by atoms with van der Waals surface area (Å²) in [7, 11) is -0.764. The van der Waals surface area contributed by atoms with Crippen molar-refractivity contribution in [3.8, 4) is 0 Å². The maximum absolute atomic E-state index is 13.1. The molecule has 1 heterocycles. The third kappa shape index (κ3) is 3.07. The Hall–Kier alpha value is -1.43. The predicted molar refractivity (Wildman–Crippen MR) is 69.2 cm³/mol. The summed E-state index contributed by atoms with van der Waals surface area (Å²) < 4.78 is 24.3. The van der Waals surface area contributed by atoms with E-state index in [9.17, 15) is 13.4 Å². The Morgan fingerprint density at radius 1 is 1.39 bits per heavy atom. The van der Waals surface area contributed by atoms with Crippen LogP contribution in [-0.4, -0.2) is 27.7 Å². The van der Waals surface area contributed by atoms with Crippen molar-refractivity contribution in [2.45, 2.75) is 18.9 Å². The molecule has 6 heteroatoms. The summed E-state index contributed by atoms with van der Waals surface area (Å²) >= 11 is 0. The van der Waals surface area contributed by atoms with Crippen LogP contribution in [0.2, 0.25) is 0 Å². The highest BCUT2D eigenvalue weighted by Gasteiger charge is 2.21. The van der Waals surface area contributed by atoms with Gasteiger partial charge in [0.05, 0.1) is 5.56 Å². The largest absolute Gasteiger partial charge is 0.398 e. The molecule has 1 aliphatic rings. The quantitative estimate of drug-likeness (QED) is 0.789. The zero-order valence-corrected chi connectivity index (χ0v) is 10.6. The molecule has 0 saturated carbocycles. The first kappa shape index (κ1) is 13.0. The number of nitrogens with one attached hydrogen (secondary N) is 1. The zero-order chi connectivity index (χ0) is 13.1. The number of anilines is 1. The van der Waals surface area contributed by atoms with Gasteiger partial charge in [0.25, 0.3) is 5.91 Å². The van der Waals surface area contributed by atoms with Crippen molar-refractivity contribution in [2.75, 3.05) is 17.2 Å². The van der Waals surface area contributed by atoms with Crippen molar-refractivity contribution in [3.63, 3.8) is 0 Å². The van der Waals surface area contributed by atoms with Crippen LogP contribution in [0.5, 0.6) is 0 Å². The number of amides is 1. The predicted octanol–water partition coefficient (Wildman–Crippen LogP) is 1.05. The van der Waals surface area contributed by atoms with E-state index < -0.39 is 16.6 Å². The van der Waals surface area contributed by atoms with Crippen LogP contribution >= 0.6 is 0 Å². The van der Waals surface area contributed by atoms with E-state index >= 15 is 0 Å². The number of nitrogens with two attached hydrogens (primary N) is 1. The first-order chi connectivity index (χ1) is 8.56. The number of halogens is 1. The molecule has 98 valence electrons. The summed E-state index contributed by atoms with van der Waals surface area (Å²) in [4.78, 5) is 11.9. The SMILES string of the molecule is Nc1ccc(F)cc1C(=O)NC1CCS(=O)CC1. The Morgan fingerprint density at radius 3 is 2.72 bits per heavy atom. The molecule has 0 aliphatic carbocycles. The lowest BCUT2D eigenvalue weighted by atomic mass is 10.1. The molecular formula is C12H15FN2O2S. The van der Waals surface area contributed by atoms with Gasteiger partial charge in [-0.2, -0.15) is 0 Å². The molecule has 0 bridgehead atoms. The lowest BCUT2D eigenvalue weighted by Crippen LogP contribution is -2.39. The molecule has 2 rings (SSSR count). The van der Waals surface area contributed by atoms with Crippen molar-refractivity contribution >= 4 is 22.4 Å². The Kier molecular flexibility index (Phi) is 3.96. The van der Waals surface area contributed by atoms with Crippen LogP contribution in [0.1, 0.15) is 23.2 Å². The van der Waals surface area contributed by atoms with Gasteiger partial charge in [-0.15, -0.1) is 0 Å². The van der Waals surface area contributed by atoms with Gasteiger partial charge in [0.2, 0.25) is 0 Å². The zero-order valence-electron chi connectivity index (χ0n) is 9.82. The molecule has 0 aromatic heterocycles. The smallest absolute Gasteiger partial charge is 0.253 e. The average molecular weight is 270 g/mol. The molecule has 0 spiro atoms. The lowest BCUT2D eigenvalue weighted by molar-refractivity contribution is 0.0935. The molecule has 18 heavy (non-hydrogen) atoms. The maximum atomic E-state index is 13.1. The molecule has 0 unspecified atom stereocenters. The highest BCUT2D eigenvalue weighted by molar-refractivity contribution is 7.85. The molecule has 1 aliphatic heterocycles. The van der Waals surface area contributed by atoms with Gasteiger partial charge in [-0.25, -0.2) is 4.39 Å². The summed E-state index contributed by atoms with van der Waals surface area (Å²) in [6.07, 6.45) is 1.38. The van der Waals surface area contributed by atoms with E-state index in [0.29, 0.717) is 24.3 Å². The van der Waals surface area contributed by atoms with Gasteiger partial charge in [-0.3, -0.25) is 9.00 Å². The minimum absolute atomic E-state index is 0.00197. The normalized spacial score (nSPS) is 23.6. The number of nitrogen functional groups attached to an aromatic ring is 1. The number of hydrogen-bond donors (Lipinski definition) is 2. The summed E-state index contributed by atoms with van der Waals surface area (Å²) in [5.41, 5.74) is 6.05. The van der Waals surface area contributed by atoms with Crippen LogP contribution in [0.4, 0.5) is 10.1 Å². The van der Waals surface area contributed by atoms with Crippen LogP contribution in [0.3, 0.4) is 0 Å². The summed E-state index contributed by atoms with van der Waals surface area (Å²) in [5, 5.41) is 2.80. The number of carbonyl (C=O) groups is 1. The van der Waals surface area contributed by atoms with Crippen LogP contribution < -0.4 is 11.1 Å². The van der Waals surface area contributed by atoms with Crippen LogP contribution in [0.25, 0.3) is 0 Å². The van der Waals surface area contributed by atoms with Crippen molar-refractivity contribution in [2.24, 2.45) is 0 Å². The second-order valence-corrected chi connectivity index (χ2v) is 6.02. The van der Waals surface area contributed by atoms with E-state index in [-0.39, 0.29) is 23.2 Å². The summed E-state index contributed by atoms with van der Waals surface area (Å²) in [6, 6.07) is 3.72. The molecule has 1 amide bonds. The fourth-order valence-corrected chi connectivity index (χ4v) is 3.23. The molecule has 4 nitrogen and oxygen atoms in total. The van der Waals surface area contributed by atoms with Gasteiger partial charge in [0.1, 0.15) is 5.82 Å². The summed E-state index contributed by atoms with van der Waals surface area (Å²) in [5.74, 6) is 0.344. The number of hydrogen-bond acceptors (Lipinski definition) is 3. The fraction of sp³-hybridized carbons (Fsp3) is 0.417. The Morgan fingerprint density at radius 2 is 2.06 bits per heavy atom. The Bertz CT molecular complexity index is 483. The lowest BCUT2D eigenvalue weighted by Gasteiger charge is -2.22. The third-order valence-electron chi connectivity index (χ3n) is 2.98. The Balaban J connectivity index is 2.03. The van der Waals surface area contributed by atoms with E-state index in [2.05, 4.69) is 5.32 Å². The molecule has 1 aromatic rings. The van der Waals surface area contributed by atoms with Crippen LogP contribution in [0.15, 0.2) is 18.2 Å². The molecular weight excluding hydrogens is 255 g/mol. The number of carbonyl (C=O) groups excluding carboxylic acids is 1. The topological polar surface area (TPSA) is 72.2 Å². The molecule has 1 saturated heterocycles. The second-order valence-electron chi connectivity index (χ2n) is 4.33. The molecule has 1 aromatic carbocycles. The van der Waals surface area contributed by atoms with E-state index in [1.807, 2.05) is 0 Å². The molecule has 0 radical (unpaired) electrons. The van der Waals surface area contributed by atoms with Gasteiger partial charge in [0, 0.05) is 34.0 Å². The highest BCUT2D eigenvalue weighted by atomic mass is 32.2. The molecule has 0 atom stereocenters. The van der Waals surface area contributed by atoms with Gasteiger partial charge in [-0.05, 0) is 31.0 Å². The van der Waals surface area contributed by atoms with Gasteiger partial charge in [0.15, 0.2) is 0 Å². The maximum Gasteiger partial charge on any atom is 0.253 e. The first-order valence-electron chi connectivity index (χ1n) is 5.77. The van der Waals surface area contributed by atoms with E-state index in [4.69, 9.17) is 5.73 Å². The van der Waals surface area contributed by atoms with Crippen LogP contribution in [-0.2, 0) is 10.8 Å². The Labute approximate surface area is 107 Å².